The molecule has 0 saturated carbocycles. The number of halogens is 2. The van der Waals surface area contributed by atoms with Gasteiger partial charge in [-0.05, 0) is 80.4 Å². The molecule has 0 spiro atoms. The van der Waals surface area contributed by atoms with E-state index in [9.17, 15) is 23.5 Å². The van der Waals surface area contributed by atoms with Crippen LogP contribution in [0.15, 0.2) is 77.5 Å². The number of nitrogens with one attached hydrogen (secondary N) is 2. The summed E-state index contributed by atoms with van der Waals surface area (Å²) in [4.78, 5) is 35.5. The lowest BCUT2D eigenvalue weighted by molar-refractivity contribution is 0.0755. The fourth-order valence-electron chi connectivity index (χ4n) is 5.64. The Bertz CT molecular complexity index is 1620. The van der Waals surface area contributed by atoms with Gasteiger partial charge in [-0.3, -0.25) is 9.59 Å². The Kier molecular flexibility index (Phi) is 13.4. The fourth-order valence-corrected chi connectivity index (χ4v) is 5.64. The topological polar surface area (TPSA) is 111 Å². The third kappa shape index (κ3) is 10.5. The normalized spacial score (nSPS) is 12.6. The van der Waals surface area contributed by atoms with Gasteiger partial charge in [-0.1, -0.05) is 38.1 Å². The molecule has 1 heterocycles. The minimum atomic E-state index is -1.13. The lowest BCUT2D eigenvalue weighted by Gasteiger charge is -2.25. The predicted molar refractivity (Wildman–Crippen MR) is 181 cm³/mol. The molecule has 0 aliphatic heterocycles. The van der Waals surface area contributed by atoms with Crippen molar-refractivity contribution < 1.29 is 27.9 Å². The summed E-state index contributed by atoms with van der Waals surface area (Å²) < 4.78 is 33.7. The van der Waals surface area contributed by atoms with Crippen LogP contribution >= 0.6 is 0 Å². The first-order chi connectivity index (χ1) is 23.1. The summed E-state index contributed by atoms with van der Waals surface area (Å²) in [5.74, 6) is -2.09. The molecular weight excluding hydrogens is 616 g/mol. The van der Waals surface area contributed by atoms with Crippen LogP contribution in [-0.2, 0) is 19.5 Å². The number of hydrogen-bond donors (Lipinski definition) is 3. The molecule has 256 valence electrons. The summed E-state index contributed by atoms with van der Waals surface area (Å²) in [6.07, 6.45) is 3.24. The summed E-state index contributed by atoms with van der Waals surface area (Å²) >= 11 is 0. The highest BCUT2D eigenvalue weighted by Crippen LogP contribution is 2.23. The van der Waals surface area contributed by atoms with Crippen molar-refractivity contribution in [3.8, 4) is 11.5 Å². The molecule has 2 unspecified atom stereocenters. The number of hydrogen-bond acceptors (Lipinski definition) is 7. The Morgan fingerprint density at radius 3 is 2.25 bits per heavy atom. The zero-order valence-corrected chi connectivity index (χ0v) is 28.0. The Balaban J connectivity index is 1.59. The smallest absolute Gasteiger partial charge is 0.253 e. The Morgan fingerprint density at radius 1 is 0.917 bits per heavy atom. The lowest BCUT2D eigenvalue weighted by atomic mass is 9.99. The van der Waals surface area contributed by atoms with E-state index in [0.717, 1.165) is 36.6 Å². The van der Waals surface area contributed by atoms with Gasteiger partial charge >= 0.3 is 0 Å². The molecule has 0 bridgehead atoms. The van der Waals surface area contributed by atoms with E-state index in [0.29, 0.717) is 30.8 Å². The van der Waals surface area contributed by atoms with Crippen molar-refractivity contribution in [3.63, 3.8) is 0 Å². The fraction of sp³-hybridized carbons (Fsp3) is 0.378. The van der Waals surface area contributed by atoms with E-state index in [1.165, 1.54) is 30.7 Å². The van der Waals surface area contributed by atoms with E-state index < -0.39 is 29.7 Å². The predicted octanol–water partition coefficient (Wildman–Crippen LogP) is 5.44. The van der Waals surface area contributed by atoms with Gasteiger partial charge in [-0.15, -0.1) is 0 Å². The summed E-state index contributed by atoms with van der Waals surface area (Å²) in [5, 5.41) is 17.4. The maximum Gasteiger partial charge on any atom is 0.253 e. The number of carbonyl (C=O) groups is 2. The van der Waals surface area contributed by atoms with Crippen LogP contribution in [0.3, 0.4) is 0 Å². The number of aliphatic hydroxyl groups is 1. The highest BCUT2D eigenvalue weighted by Gasteiger charge is 2.25. The number of benzene rings is 3. The van der Waals surface area contributed by atoms with Crippen LogP contribution < -0.4 is 10.6 Å². The van der Waals surface area contributed by atoms with Gasteiger partial charge in [0.25, 0.3) is 11.8 Å². The molecule has 2 atom stereocenters. The first-order valence-corrected chi connectivity index (χ1v) is 16.3. The molecule has 4 rings (SSSR count). The van der Waals surface area contributed by atoms with Crippen LogP contribution in [0.25, 0.3) is 11.5 Å². The standard InChI is InChI=1S/C37H45F2N5O4/c1-5-11-44(12-6-2)37(47)30-19-28(18-29(20-30)36-41-10-13-48-36)35(46)42-33(17-27-15-31(38)21-32(39)16-27)34(45)23-40-22-25-8-7-9-26(14-25)24-43(3)4/h7-10,13-16,18-21,33-34,40,45H,5-6,11-12,17,22-24H2,1-4H3,(H,42,46). The van der Waals surface area contributed by atoms with Crippen molar-refractivity contribution in [1.82, 2.24) is 25.4 Å². The Labute approximate surface area is 281 Å². The summed E-state index contributed by atoms with van der Waals surface area (Å²) in [5.41, 5.74) is 3.32. The minimum Gasteiger partial charge on any atom is -0.445 e. The quantitative estimate of drug-likeness (QED) is 0.138. The lowest BCUT2D eigenvalue weighted by Crippen LogP contribution is -2.48. The molecular formula is C37H45F2N5O4. The number of nitrogens with zero attached hydrogens (tertiary/aromatic N) is 3. The minimum absolute atomic E-state index is 0.0480. The second-order valence-electron chi connectivity index (χ2n) is 12.2. The molecule has 3 aromatic carbocycles. The highest BCUT2D eigenvalue weighted by atomic mass is 19.1. The van der Waals surface area contributed by atoms with E-state index in [-0.39, 0.29) is 35.9 Å². The molecule has 0 aliphatic carbocycles. The molecule has 0 radical (unpaired) electrons. The molecule has 4 aromatic rings. The number of amides is 2. The average Bonchev–Trinajstić information content (AvgIpc) is 3.59. The first-order valence-electron chi connectivity index (χ1n) is 16.3. The van der Waals surface area contributed by atoms with E-state index in [4.69, 9.17) is 4.42 Å². The highest BCUT2D eigenvalue weighted by molar-refractivity contribution is 6.01. The summed E-state index contributed by atoms with van der Waals surface area (Å²) in [7, 11) is 3.99. The third-order valence-electron chi connectivity index (χ3n) is 7.73. The second kappa shape index (κ2) is 17.6. The third-order valence-corrected chi connectivity index (χ3v) is 7.73. The molecule has 2 amide bonds. The van der Waals surface area contributed by atoms with Crippen molar-refractivity contribution in [1.29, 1.82) is 0 Å². The number of oxazole rings is 1. The summed E-state index contributed by atoms with van der Waals surface area (Å²) in [6.45, 7) is 6.43. The largest absolute Gasteiger partial charge is 0.445 e. The van der Waals surface area contributed by atoms with Crippen LogP contribution in [-0.4, -0.2) is 77.6 Å². The molecule has 11 heteroatoms. The molecule has 0 fully saturated rings. The number of rotatable bonds is 17. The maximum atomic E-state index is 14.1. The molecule has 48 heavy (non-hydrogen) atoms. The van der Waals surface area contributed by atoms with Crippen LogP contribution in [0.1, 0.15) is 64.1 Å². The van der Waals surface area contributed by atoms with Gasteiger partial charge in [0.15, 0.2) is 0 Å². The van der Waals surface area contributed by atoms with Crippen LogP contribution in [0, 0.1) is 11.6 Å². The number of aromatic nitrogens is 1. The van der Waals surface area contributed by atoms with E-state index in [1.807, 2.05) is 46.1 Å². The number of carbonyl (C=O) groups excluding carboxylic acids is 2. The van der Waals surface area contributed by atoms with E-state index in [1.54, 1.807) is 17.0 Å². The number of aliphatic hydroxyl groups excluding tert-OH is 1. The van der Waals surface area contributed by atoms with Gasteiger partial charge in [0.1, 0.15) is 17.9 Å². The van der Waals surface area contributed by atoms with Gasteiger partial charge in [-0.2, -0.15) is 0 Å². The van der Waals surface area contributed by atoms with Crippen LogP contribution in [0.4, 0.5) is 8.78 Å². The molecule has 9 nitrogen and oxygen atoms in total. The SMILES string of the molecule is CCCN(CCC)C(=O)c1cc(C(=O)NC(Cc2cc(F)cc(F)c2)C(O)CNCc2cccc(CN(C)C)c2)cc(-c2ncco2)c1. The Morgan fingerprint density at radius 2 is 1.60 bits per heavy atom. The Hall–Kier alpha value is -4.45. The van der Waals surface area contributed by atoms with Crippen LogP contribution in [0.2, 0.25) is 0 Å². The first kappa shape index (κ1) is 36.4. The van der Waals surface area contributed by atoms with Crippen molar-refractivity contribution in [2.75, 3.05) is 33.7 Å². The summed E-state index contributed by atoms with van der Waals surface area (Å²) in [6, 6.07) is 15.0. The van der Waals surface area contributed by atoms with Gasteiger partial charge in [-0.25, -0.2) is 13.8 Å². The molecule has 0 saturated heterocycles. The van der Waals surface area contributed by atoms with Crippen molar-refractivity contribution >= 4 is 11.8 Å². The van der Waals surface area contributed by atoms with Gasteiger partial charge in [0.05, 0.1) is 18.3 Å². The van der Waals surface area contributed by atoms with Crippen molar-refractivity contribution in [3.05, 3.63) is 113 Å². The van der Waals surface area contributed by atoms with Gasteiger partial charge in [0, 0.05) is 55.5 Å². The van der Waals surface area contributed by atoms with Crippen LogP contribution in [0.5, 0.6) is 0 Å². The maximum absolute atomic E-state index is 14.1. The molecule has 3 N–H and O–H groups in total. The molecule has 1 aromatic heterocycles. The van der Waals surface area contributed by atoms with E-state index in [2.05, 4.69) is 26.6 Å². The van der Waals surface area contributed by atoms with Crippen molar-refractivity contribution in [2.24, 2.45) is 0 Å². The zero-order valence-electron chi connectivity index (χ0n) is 28.0. The van der Waals surface area contributed by atoms with E-state index >= 15 is 0 Å². The molecule has 0 aliphatic rings. The van der Waals surface area contributed by atoms with Crippen molar-refractivity contribution in [2.45, 2.75) is 58.3 Å². The van der Waals surface area contributed by atoms with Gasteiger partial charge in [0.2, 0.25) is 5.89 Å². The van der Waals surface area contributed by atoms with Gasteiger partial charge < -0.3 is 30.0 Å². The second-order valence-corrected chi connectivity index (χ2v) is 12.2. The monoisotopic (exact) mass is 661 g/mol. The average molecular weight is 662 g/mol. The zero-order chi connectivity index (χ0) is 34.6.